The van der Waals surface area contributed by atoms with Crippen molar-refractivity contribution in [1.29, 1.82) is 0 Å². The minimum absolute atomic E-state index is 0.00939. The van der Waals surface area contributed by atoms with E-state index in [0.29, 0.717) is 11.4 Å². The molecular weight excluding hydrogens is 336 g/mol. The first-order chi connectivity index (χ1) is 9.99. The van der Waals surface area contributed by atoms with Crippen molar-refractivity contribution < 1.29 is 9.59 Å². The first-order valence-electron chi connectivity index (χ1n) is 6.07. The van der Waals surface area contributed by atoms with Gasteiger partial charge in [-0.15, -0.1) is 0 Å². The van der Waals surface area contributed by atoms with Gasteiger partial charge >= 0.3 is 0 Å². The number of benzene rings is 1. The standard InChI is InChI=1S/C14H13BrN4O2/c1-8-12(13(14(16)21)19-18-8)17-11(20)7-6-9-4-2-3-5-10(9)15/h2-7H,1H3,(H2,16,21)(H,17,20)(H,18,19)/b7-6+. The van der Waals surface area contributed by atoms with E-state index in [-0.39, 0.29) is 11.6 Å². The maximum absolute atomic E-state index is 11.9. The molecule has 108 valence electrons. The summed E-state index contributed by atoms with van der Waals surface area (Å²) in [5, 5.41) is 8.96. The van der Waals surface area contributed by atoms with Gasteiger partial charge < -0.3 is 11.1 Å². The predicted octanol–water partition coefficient (Wildman–Crippen LogP) is 2.23. The van der Waals surface area contributed by atoms with E-state index in [1.165, 1.54) is 6.08 Å². The lowest BCUT2D eigenvalue weighted by Crippen LogP contribution is -2.16. The van der Waals surface area contributed by atoms with Crippen molar-refractivity contribution in [3.63, 3.8) is 0 Å². The molecule has 0 bridgehead atoms. The Kier molecular flexibility index (Phi) is 4.54. The van der Waals surface area contributed by atoms with Crippen LogP contribution in [0.1, 0.15) is 21.7 Å². The Hall–Kier alpha value is -2.41. The number of carbonyl (C=O) groups is 2. The van der Waals surface area contributed by atoms with Gasteiger partial charge in [-0.05, 0) is 24.6 Å². The average Bonchev–Trinajstić information content (AvgIpc) is 2.79. The monoisotopic (exact) mass is 348 g/mol. The molecular formula is C14H13BrN4O2. The van der Waals surface area contributed by atoms with Gasteiger partial charge in [0.2, 0.25) is 5.91 Å². The lowest BCUT2D eigenvalue weighted by Gasteiger charge is -2.02. The maximum atomic E-state index is 11.9. The van der Waals surface area contributed by atoms with Crippen LogP contribution in [0.5, 0.6) is 0 Å². The van der Waals surface area contributed by atoms with E-state index in [1.54, 1.807) is 13.0 Å². The fraction of sp³-hybridized carbons (Fsp3) is 0.0714. The van der Waals surface area contributed by atoms with Crippen LogP contribution in [-0.2, 0) is 4.79 Å². The molecule has 0 aliphatic carbocycles. The highest BCUT2D eigenvalue weighted by atomic mass is 79.9. The van der Waals surface area contributed by atoms with Gasteiger partial charge in [0.1, 0.15) is 0 Å². The number of nitrogens with two attached hydrogens (primary N) is 1. The normalized spacial score (nSPS) is 10.8. The molecule has 2 amide bonds. The summed E-state index contributed by atoms with van der Waals surface area (Å²) in [5.41, 5.74) is 6.93. The van der Waals surface area contributed by atoms with Crippen LogP contribution in [0.2, 0.25) is 0 Å². The zero-order valence-corrected chi connectivity index (χ0v) is 12.8. The van der Waals surface area contributed by atoms with E-state index in [0.717, 1.165) is 10.0 Å². The fourth-order valence-electron chi connectivity index (χ4n) is 1.70. The number of aryl methyl sites for hydroxylation is 1. The van der Waals surface area contributed by atoms with E-state index in [2.05, 4.69) is 31.4 Å². The molecule has 2 aromatic rings. The number of hydrogen-bond donors (Lipinski definition) is 3. The van der Waals surface area contributed by atoms with Crippen molar-refractivity contribution in [3.8, 4) is 0 Å². The molecule has 1 aromatic heterocycles. The van der Waals surface area contributed by atoms with Gasteiger partial charge in [0, 0.05) is 10.5 Å². The third-order valence-corrected chi connectivity index (χ3v) is 3.47. The van der Waals surface area contributed by atoms with Crippen LogP contribution < -0.4 is 11.1 Å². The van der Waals surface area contributed by atoms with E-state index in [4.69, 9.17) is 5.73 Å². The van der Waals surface area contributed by atoms with Gasteiger partial charge in [-0.3, -0.25) is 14.7 Å². The zero-order chi connectivity index (χ0) is 15.4. The lowest BCUT2D eigenvalue weighted by atomic mass is 10.2. The molecule has 7 heteroatoms. The van der Waals surface area contributed by atoms with Crippen LogP contribution >= 0.6 is 15.9 Å². The Morgan fingerprint density at radius 3 is 2.76 bits per heavy atom. The number of nitrogens with one attached hydrogen (secondary N) is 2. The lowest BCUT2D eigenvalue weighted by molar-refractivity contribution is -0.111. The third kappa shape index (κ3) is 3.57. The Bertz CT molecular complexity index is 722. The van der Waals surface area contributed by atoms with Crippen LogP contribution in [0.25, 0.3) is 6.08 Å². The highest BCUT2D eigenvalue weighted by Gasteiger charge is 2.16. The molecule has 0 aliphatic rings. The molecule has 0 spiro atoms. The molecule has 1 heterocycles. The summed E-state index contributed by atoms with van der Waals surface area (Å²) >= 11 is 3.39. The third-order valence-electron chi connectivity index (χ3n) is 2.75. The molecule has 0 fully saturated rings. The quantitative estimate of drug-likeness (QED) is 0.738. The molecule has 0 unspecified atom stereocenters. The number of aromatic nitrogens is 2. The Morgan fingerprint density at radius 2 is 2.10 bits per heavy atom. The minimum Gasteiger partial charge on any atom is -0.364 e. The van der Waals surface area contributed by atoms with Crippen molar-refractivity contribution in [1.82, 2.24) is 10.2 Å². The Balaban J connectivity index is 2.14. The Labute approximate surface area is 129 Å². The van der Waals surface area contributed by atoms with E-state index in [9.17, 15) is 9.59 Å². The van der Waals surface area contributed by atoms with Crippen molar-refractivity contribution >= 4 is 39.5 Å². The number of rotatable bonds is 4. The average molecular weight is 349 g/mol. The van der Waals surface area contributed by atoms with Crippen LogP contribution in [0.3, 0.4) is 0 Å². The molecule has 2 rings (SSSR count). The fourth-order valence-corrected chi connectivity index (χ4v) is 2.12. The second-order valence-electron chi connectivity index (χ2n) is 4.28. The summed E-state index contributed by atoms with van der Waals surface area (Å²) < 4.78 is 0.881. The van der Waals surface area contributed by atoms with Gasteiger partial charge in [0.25, 0.3) is 5.91 Å². The van der Waals surface area contributed by atoms with Crippen LogP contribution in [0.4, 0.5) is 5.69 Å². The summed E-state index contributed by atoms with van der Waals surface area (Å²) in [4.78, 5) is 23.1. The molecule has 0 radical (unpaired) electrons. The summed E-state index contributed by atoms with van der Waals surface area (Å²) in [5.74, 6) is -1.08. The van der Waals surface area contributed by atoms with Crippen molar-refractivity contribution in [2.75, 3.05) is 5.32 Å². The van der Waals surface area contributed by atoms with E-state index in [1.807, 2.05) is 24.3 Å². The Morgan fingerprint density at radius 1 is 1.38 bits per heavy atom. The number of nitrogens with zero attached hydrogens (tertiary/aromatic N) is 1. The number of H-pyrrole nitrogens is 1. The minimum atomic E-state index is -0.704. The van der Waals surface area contributed by atoms with Gasteiger partial charge in [0.15, 0.2) is 5.69 Å². The molecule has 0 aliphatic heterocycles. The largest absolute Gasteiger partial charge is 0.364 e. The molecule has 1 aromatic carbocycles. The topological polar surface area (TPSA) is 101 Å². The number of halogens is 1. The first kappa shape index (κ1) is 15.0. The molecule has 21 heavy (non-hydrogen) atoms. The number of aromatic amines is 1. The van der Waals surface area contributed by atoms with Crippen molar-refractivity contribution in [2.45, 2.75) is 6.92 Å². The number of carbonyl (C=O) groups excluding carboxylic acids is 2. The predicted molar refractivity (Wildman–Crippen MR) is 83.6 cm³/mol. The van der Waals surface area contributed by atoms with E-state index >= 15 is 0 Å². The highest BCUT2D eigenvalue weighted by molar-refractivity contribution is 9.10. The second kappa shape index (κ2) is 6.36. The second-order valence-corrected chi connectivity index (χ2v) is 5.13. The van der Waals surface area contributed by atoms with Crippen LogP contribution in [0.15, 0.2) is 34.8 Å². The molecule has 0 saturated carbocycles. The van der Waals surface area contributed by atoms with Gasteiger partial charge in [-0.25, -0.2) is 0 Å². The maximum Gasteiger partial charge on any atom is 0.271 e. The molecule has 4 N–H and O–H groups in total. The smallest absolute Gasteiger partial charge is 0.271 e. The number of amides is 2. The first-order valence-corrected chi connectivity index (χ1v) is 6.86. The van der Waals surface area contributed by atoms with Crippen LogP contribution in [-0.4, -0.2) is 22.0 Å². The number of anilines is 1. The summed E-state index contributed by atoms with van der Waals surface area (Å²) in [7, 11) is 0. The van der Waals surface area contributed by atoms with Crippen LogP contribution in [0, 0.1) is 6.92 Å². The molecule has 0 saturated heterocycles. The van der Waals surface area contributed by atoms with Gasteiger partial charge in [-0.1, -0.05) is 34.1 Å². The number of primary amides is 1. The summed E-state index contributed by atoms with van der Waals surface area (Å²) in [6, 6.07) is 7.50. The van der Waals surface area contributed by atoms with E-state index < -0.39 is 5.91 Å². The van der Waals surface area contributed by atoms with Crippen molar-refractivity contribution in [3.05, 3.63) is 51.8 Å². The summed E-state index contributed by atoms with van der Waals surface area (Å²) in [6.07, 6.45) is 3.04. The van der Waals surface area contributed by atoms with Gasteiger partial charge in [-0.2, -0.15) is 5.10 Å². The molecule has 6 nitrogen and oxygen atoms in total. The van der Waals surface area contributed by atoms with Gasteiger partial charge in [0.05, 0.1) is 11.4 Å². The van der Waals surface area contributed by atoms with Crippen molar-refractivity contribution in [2.24, 2.45) is 5.73 Å². The highest BCUT2D eigenvalue weighted by Crippen LogP contribution is 2.19. The summed E-state index contributed by atoms with van der Waals surface area (Å²) in [6.45, 7) is 1.69. The SMILES string of the molecule is Cc1[nH]nc(C(N)=O)c1NC(=O)/C=C/c1ccccc1Br. The zero-order valence-electron chi connectivity index (χ0n) is 11.2. The number of hydrogen-bond acceptors (Lipinski definition) is 3. The molecule has 0 atom stereocenters.